The Morgan fingerprint density at radius 3 is 2.58 bits per heavy atom. The second-order valence-corrected chi connectivity index (χ2v) is 4.68. The number of hydrogen-bond acceptors (Lipinski definition) is 2. The first-order valence-corrected chi connectivity index (χ1v) is 6.12. The summed E-state index contributed by atoms with van der Waals surface area (Å²) in [5.74, 6) is -0.933. The molecule has 1 aliphatic heterocycles. The minimum atomic E-state index is -4.52. The minimum absolute atomic E-state index is 0.186. The molecule has 1 saturated heterocycles. The number of nitrogens with zero attached hydrogens (tertiary/aromatic N) is 1. The van der Waals surface area contributed by atoms with E-state index in [9.17, 15) is 18.0 Å². The van der Waals surface area contributed by atoms with E-state index in [0.717, 1.165) is 0 Å². The van der Waals surface area contributed by atoms with Gasteiger partial charge < -0.3 is 15.2 Å². The molecule has 0 spiro atoms. The fourth-order valence-electron chi connectivity index (χ4n) is 2.24. The normalized spacial score (nSPS) is 23.5. The van der Waals surface area contributed by atoms with Crippen LogP contribution < -0.4 is 10.6 Å². The molecule has 2 rings (SSSR count). The van der Waals surface area contributed by atoms with Crippen molar-refractivity contribution in [3.05, 3.63) is 24.5 Å². The van der Waals surface area contributed by atoms with Crippen LogP contribution in [0.5, 0.6) is 0 Å². The molecule has 1 aromatic heterocycles. The molecule has 1 fully saturated rings. The van der Waals surface area contributed by atoms with Gasteiger partial charge in [0.2, 0.25) is 5.91 Å². The van der Waals surface area contributed by atoms with Crippen molar-refractivity contribution >= 4 is 5.91 Å². The van der Waals surface area contributed by atoms with Crippen LogP contribution in [-0.2, 0) is 11.3 Å². The highest BCUT2D eigenvalue weighted by Gasteiger charge is 2.61. The summed E-state index contributed by atoms with van der Waals surface area (Å²) in [7, 11) is 0. The number of alkyl halides is 3. The molecular formula is C12H16F3N3O. The van der Waals surface area contributed by atoms with E-state index in [2.05, 4.69) is 10.6 Å². The maximum absolute atomic E-state index is 13.1. The summed E-state index contributed by atoms with van der Waals surface area (Å²) in [6.07, 6.45) is -1.13. The van der Waals surface area contributed by atoms with Crippen molar-refractivity contribution in [2.45, 2.75) is 19.1 Å². The first kappa shape index (κ1) is 13.9. The molecule has 1 atom stereocenters. The van der Waals surface area contributed by atoms with Crippen LogP contribution in [0.1, 0.15) is 6.42 Å². The van der Waals surface area contributed by atoms with Crippen molar-refractivity contribution in [1.29, 1.82) is 0 Å². The Balaban J connectivity index is 1.93. The molecule has 0 bridgehead atoms. The average Bonchev–Trinajstić information content (AvgIpc) is 2.99. The zero-order valence-corrected chi connectivity index (χ0v) is 10.3. The van der Waals surface area contributed by atoms with Crippen molar-refractivity contribution in [2.75, 3.05) is 19.6 Å². The number of carbonyl (C=O) groups is 1. The van der Waals surface area contributed by atoms with Crippen LogP contribution in [0.15, 0.2) is 24.5 Å². The van der Waals surface area contributed by atoms with Gasteiger partial charge in [-0.2, -0.15) is 13.2 Å². The third-order valence-electron chi connectivity index (χ3n) is 3.45. The Kier molecular flexibility index (Phi) is 3.84. The smallest absolute Gasteiger partial charge is 0.353 e. The Morgan fingerprint density at radius 2 is 2.05 bits per heavy atom. The van der Waals surface area contributed by atoms with Crippen LogP contribution in [0.2, 0.25) is 0 Å². The lowest BCUT2D eigenvalue weighted by Gasteiger charge is -2.29. The molecule has 4 nitrogen and oxygen atoms in total. The van der Waals surface area contributed by atoms with Gasteiger partial charge in [-0.25, -0.2) is 0 Å². The van der Waals surface area contributed by atoms with Crippen LogP contribution in [0.4, 0.5) is 13.2 Å². The van der Waals surface area contributed by atoms with E-state index >= 15 is 0 Å². The number of nitrogens with one attached hydrogen (secondary N) is 2. The van der Waals surface area contributed by atoms with E-state index in [1.165, 1.54) is 0 Å². The van der Waals surface area contributed by atoms with Gasteiger partial charge in [-0.1, -0.05) is 0 Å². The second-order valence-electron chi connectivity index (χ2n) is 4.68. The molecule has 0 saturated carbocycles. The quantitative estimate of drug-likeness (QED) is 0.866. The molecule has 106 valence electrons. The van der Waals surface area contributed by atoms with Crippen LogP contribution in [0, 0.1) is 5.41 Å². The summed E-state index contributed by atoms with van der Waals surface area (Å²) in [5, 5.41) is 5.01. The van der Waals surface area contributed by atoms with E-state index < -0.39 is 17.5 Å². The Bertz CT molecular complexity index is 422. The number of carbonyl (C=O) groups excluding carboxylic acids is 1. The third-order valence-corrected chi connectivity index (χ3v) is 3.45. The second kappa shape index (κ2) is 5.24. The van der Waals surface area contributed by atoms with Gasteiger partial charge in [0, 0.05) is 32.0 Å². The molecule has 19 heavy (non-hydrogen) atoms. The SMILES string of the molecule is O=C(NCCn1cccc1)C1(C(F)(F)F)CCNC1. The standard InChI is InChI=1S/C12H16F3N3O/c13-12(14,15)11(3-4-16-9-11)10(19)17-5-8-18-6-1-2-7-18/h1-2,6-7,16H,3-5,8-9H2,(H,17,19). The zero-order chi connectivity index (χ0) is 13.9. The van der Waals surface area contributed by atoms with Gasteiger partial charge in [-0.3, -0.25) is 4.79 Å². The van der Waals surface area contributed by atoms with E-state index in [1.54, 1.807) is 17.0 Å². The maximum atomic E-state index is 13.1. The lowest BCUT2D eigenvalue weighted by atomic mass is 9.85. The van der Waals surface area contributed by atoms with Gasteiger partial charge in [0.05, 0.1) is 0 Å². The van der Waals surface area contributed by atoms with Gasteiger partial charge in [0.25, 0.3) is 0 Å². The molecule has 1 unspecified atom stereocenters. The average molecular weight is 275 g/mol. The molecule has 1 aliphatic rings. The summed E-state index contributed by atoms with van der Waals surface area (Å²) in [6, 6.07) is 3.64. The predicted molar refractivity (Wildman–Crippen MR) is 63.4 cm³/mol. The zero-order valence-electron chi connectivity index (χ0n) is 10.3. The van der Waals surface area contributed by atoms with E-state index in [-0.39, 0.29) is 26.1 Å². The van der Waals surface area contributed by atoms with E-state index in [0.29, 0.717) is 6.54 Å². The van der Waals surface area contributed by atoms with Gasteiger partial charge in [0.1, 0.15) is 0 Å². The van der Waals surface area contributed by atoms with Gasteiger partial charge in [0.15, 0.2) is 5.41 Å². The summed E-state index contributed by atoms with van der Waals surface area (Å²) < 4.78 is 41.0. The Labute approximate surface area is 109 Å². The lowest BCUT2D eigenvalue weighted by molar-refractivity contribution is -0.216. The molecule has 0 aromatic carbocycles. The third kappa shape index (κ3) is 2.75. The van der Waals surface area contributed by atoms with Gasteiger partial charge >= 0.3 is 6.18 Å². The van der Waals surface area contributed by atoms with Gasteiger partial charge in [-0.15, -0.1) is 0 Å². The summed E-state index contributed by atoms with van der Waals surface area (Å²) >= 11 is 0. The highest BCUT2D eigenvalue weighted by atomic mass is 19.4. The maximum Gasteiger partial charge on any atom is 0.404 e. The van der Waals surface area contributed by atoms with Crippen molar-refractivity contribution < 1.29 is 18.0 Å². The largest absolute Gasteiger partial charge is 0.404 e. The van der Waals surface area contributed by atoms with Gasteiger partial charge in [-0.05, 0) is 25.1 Å². The molecule has 1 aromatic rings. The molecule has 1 amide bonds. The number of amides is 1. The summed E-state index contributed by atoms with van der Waals surface area (Å²) in [5.41, 5.74) is -2.27. The van der Waals surface area contributed by atoms with Crippen molar-refractivity contribution in [1.82, 2.24) is 15.2 Å². The minimum Gasteiger partial charge on any atom is -0.353 e. The monoisotopic (exact) mass is 275 g/mol. The van der Waals surface area contributed by atoms with Crippen molar-refractivity contribution in [3.63, 3.8) is 0 Å². The Hall–Kier alpha value is -1.50. The molecule has 7 heteroatoms. The predicted octanol–water partition coefficient (Wildman–Crippen LogP) is 1.15. The molecule has 0 radical (unpaired) electrons. The fourth-order valence-corrected chi connectivity index (χ4v) is 2.24. The van der Waals surface area contributed by atoms with Crippen molar-refractivity contribution in [2.24, 2.45) is 5.41 Å². The molecular weight excluding hydrogens is 259 g/mol. The summed E-state index contributed by atoms with van der Waals surface area (Å²) in [6.45, 7) is 0.516. The van der Waals surface area contributed by atoms with E-state index in [1.807, 2.05) is 12.1 Å². The van der Waals surface area contributed by atoms with Crippen molar-refractivity contribution in [3.8, 4) is 0 Å². The van der Waals surface area contributed by atoms with Crippen LogP contribution in [-0.4, -0.2) is 36.3 Å². The van der Waals surface area contributed by atoms with Crippen LogP contribution in [0.25, 0.3) is 0 Å². The first-order valence-electron chi connectivity index (χ1n) is 6.12. The molecule has 2 N–H and O–H groups in total. The highest BCUT2D eigenvalue weighted by molar-refractivity contribution is 5.84. The molecule has 2 heterocycles. The number of halogens is 3. The molecule has 0 aliphatic carbocycles. The van der Waals surface area contributed by atoms with Crippen LogP contribution in [0.3, 0.4) is 0 Å². The lowest BCUT2D eigenvalue weighted by Crippen LogP contribution is -2.52. The van der Waals surface area contributed by atoms with E-state index in [4.69, 9.17) is 0 Å². The topological polar surface area (TPSA) is 46.1 Å². The first-order chi connectivity index (χ1) is 8.96. The number of hydrogen-bond donors (Lipinski definition) is 2. The Morgan fingerprint density at radius 1 is 1.37 bits per heavy atom. The summed E-state index contributed by atoms with van der Waals surface area (Å²) in [4.78, 5) is 11.9. The van der Waals surface area contributed by atoms with Crippen LogP contribution >= 0.6 is 0 Å². The number of rotatable bonds is 4. The highest BCUT2D eigenvalue weighted by Crippen LogP contribution is 2.43. The fraction of sp³-hybridized carbons (Fsp3) is 0.583. The number of aromatic nitrogens is 1.